The summed E-state index contributed by atoms with van der Waals surface area (Å²) in [4.78, 5) is 16.4. The van der Waals surface area contributed by atoms with Crippen LogP contribution in [0.25, 0.3) is 11.1 Å². The summed E-state index contributed by atoms with van der Waals surface area (Å²) < 4.78 is 11.3. The van der Waals surface area contributed by atoms with Crippen molar-refractivity contribution in [2.75, 3.05) is 5.32 Å². The number of carbonyl (C=O) groups is 1. The molecule has 0 radical (unpaired) electrons. The fraction of sp³-hybridized carbons (Fsp3) is 0.368. The molecule has 1 N–H and O–H groups in total. The number of rotatable bonds is 5. The molecule has 1 fully saturated rings. The van der Waals surface area contributed by atoms with Gasteiger partial charge in [0.15, 0.2) is 11.5 Å². The van der Waals surface area contributed by atoms with Gasteiger partial charge in [-0.2, -0.15) is 0 Å². The minimum atomic E-state index is -0.0386. The third-order valence-electron chi connectivity index (χ3n) is 4.53. The molecule has 0 aliphatic heterocycles. The number of anilines is 1. The summed E-state index contributed by atoms with van der Waals surface area (Å²) in [6.45, 7) is 4.03. The third-order valence-corrected chi connectivity index (χ3v) is 4.53. The fourth-order valence-electron chi connectivity index (χ4n) is 3.02. The Hall–Kier alpha value is -2.56. The SMILES string of the molecule is Cc1nc2ccc(NC(=O)CCc3ccc([C@@H]4C[C@H]4C)o3)cc2o1. The van der Waals surface area contributed by atoms with Gasteiger partial charge in [-0.1, -0.05) is 6.92 Å². The normalized spacial score (nSPS) is 19.6. The van der Waals surface area contributed by atoms with Gasteiger partial charge in [0.05, 0.1) is 0 Å². The third kappa shape index (κ3) is 3.07. The van der Waals surface area contributed by atoms with Crippen molar-refractivity contribution in [3.05, 3.63) is 47.7 Å². The largest absolute Gasteiger partial charge is 0.466 e. The molecule has 2 atom stereocenters. The Balaban J connectivity index is 1.34. The van der Waals surface area contributed by atoms with E-state index in [9.17, 15) is 4.79 Å². The molecule has 1 aromatic carbocycles. The number of fused-ring (bicyclic) bond motifs is 1. The van der Waals surface area contributed by atoms with Crippen LogP contribution in [0, 0.1) is 12.8 Å². The maximum absolute atomic E-state index is 12.1. The smallest absolute Gasteiger partial charge is 0.224 e. The van der Waals surface area contributed by atoms with Crippen molar-refractivity contribution in [1.82, 2.24) is 4.98 Å². The highest BCUT2D eigenvalue weighted by Crippen LogP contribution is 2.47. The molecule has 0 unspecified atom stereocenters. The van der Waals surface area contributed by atoms with Crippen molar-refractivity contribution in [1.29, 1.82) is 0 Å². The van der Waals surface area contributed by atoms with E-state index in [1.807, 2.05) is 24.3 Å². The van der Waals surface area contributed by atoms with Crippen LogP contribution in [0.5, 0.6) is 0 Å². The molecule has 1 saturated carbocycles. The van der Waals surface area contributed by atoms with E-state index in [1.165, 1.54) is 6.42 Å². The van der Waals surface area contributed by atoms with Gasteiger partial charge in [0.1, 0.15) is 17.0 Å². The zero-order valence-electron chi connectivity index (χ0n) is 13.8. The molecular formula is C19H20N2O3. The van der Waals surface area contributed by atoms with Gasteiger partial charge in [-0.05, 0) is 36.6 Å². The molecule has 2 heterocycles. The number of nitrogens with one attached hydrogen (secondary N) is 1. The van der Waals surface area contributed by atoms with Gasteiger partial charge in [0, 0.05) is 37.4 Å². The van der Waals surface area contributed by atoms with Crippen LogP contribution in [0.3, 0.4) is 0 Å². The van der Waals surface area contributed by atoms with E-state index >= 15 is 0 Å². The number of aryl methyl sites for hydroxylation is 2. The average molecular weight is 324 g/mol. The minimum absolute atomic E-state index is 0.0386. The summed E-state index contributed by atoms with van der Waals surface area (Å²) in [5, 5.41) is 2.89. The standard InChI is InChI=1S/C19H20N2O3/c1-11-9-15(11)17-7-4-14(24-17)5-8-19(22)21-13-3-6-16-18(10-13)23-12(2)20-16/h3-4,6-7,10-11,15H,5,8-9H2,1-2H3,(H,21,22)/t11-,15-/m1/s1. The Morgan fingerprint density at radius 2 is 2.12 bits per heavy atom. The van der Waals surface area contributed by atoms with Crippen LogP contribution < -0.4 is 5.32 Å². The summed E-state index contributed by atoms with van der Waals surface area (Å²) in [5.74, 6) is 3.81. The van der Waals surface area contributed by atoms with Crippen molar-refractivity contribution >= 4 is 22.7 Å². The highest BCUT2D eigenvalue weighted by Gasteiger charge is 2.36. The van der Waals surface area contributed by atoms with Crippen LogP contribution >= 0.6 is 0 Å². The number of amides is 1. The summed E-state index contributed by atoms with van der Waals surface area (Å²) in [6, 6.07) is 9.50. The Kier molecular flexibility index (Phi) is 3.63. The molecule has 0 spiro atoms. The topological polar surface area (TPSA) is 68.3 Å². The Labute approximate surface area is 140 Å². The summed E-state index contributed by atoms with van der Waals surface area (Å²) >= 11 is 0. The van der Waals surface area contributed by atoms with Gasteiger partial charge in [-0.3, -0.25) is 4.79 Å². The number of hydrogen-bond donors (Lipinski definition) is 1. The molecular weight excluding hydrogens is 304 g/mol. The van der Waals surface area contributed by atoms with Crippen LogP contribution in [0.4, 0.5) is 5.69 Å². The number of furan rings is 1. The molecule has 1 aliphatic carbocycles. The molecule has 1 aliphatic rings. The van der Waals surface area contributed by atoms with E-state index in [4.69, 9.17) is 8.83 Å². The van der Waals surface area contributed by atoms with Crippen LogP contribution in [0.2, 0.25) is 0 Å². The van der Waals surface area contributed by atoms with Crippen LogP contribution in [0.1, 0.15) is 43.1 Å². The number of hydrogen-bond acceptors (Lipinski definition) is 4. The number of benzene rings is 1. The molecule has 1 amide bonds. The van der Waals surface area contributed by atoms with Crippen LogP contribution in [-0.4, -0.2) is 10.9 Å². The lowest BCUT2D eigenvalue weighted by atomic mass is 10.2. The maximum Gasteiger partial charge on any atom is 0.224 e. The van der Waals surface area contributed by atoms with Gasteiger partial charge in [-0.25, -0.2) is 4.98 Å². The molecule has 24 heavy (non-hydrogen) atoms. The van der Waals surface area contributed by atoms with E-state index in [-0.39, 0.29) is 5.91 Å². The fourth-order valence-corrected chi connectivity index (χ4v) is 3.02. The average Bonchev–Trinajstić information content (AvgIpc) is 2.97. The van der Waals surface area contributed by atoms with E-state index in [0.29, 0.717) is 30.2 Å². The van der Waals surface area contributed by atoms with Gasteiger partial charge in [-0.15, -0.1) is 0 Å². The quantitative estimate of drug-likeness (QED) is 0.754. The molecule has 4 rings (SSSR count). The molecule has 2 aromatic heterocycles. The van der Waals surface area contributed by atoms with Crippen molar-refractivity contribution in [3.63, 3.8) is 0 Å². The minimum Gasteiger partial charge on any atom is -0.466 e. The number of aromatic nitrogens is 1. The molecule has 5 heteroatoms. The lowest BCUT2D eigenvalue weighted by Crippen LogP contribution is -2.12. The second-order valence-corrected chi connectivity index (χ2v) is 6.59. The Morgan fingerprint density at radius 3 is 2.92 bits per heavy atom. The molecule has 0 bridgehead atoms. The van der Waals surface area contributed by atoms with Crippen molar-refractivity contribution in [2.45, 2.75) is 39.0 Å². The first-order valence-corrected chi connectivity index (χ1v) is 8.34. The zero-order chi connectivity index (χ0) is 16.7. The van der Waals surface area contributed by atoms with E-state index in [1.54, 1.807) is 13.0 Å². The lowest BCUT2D eigenvalue weighted by Gasteiger charge is -2.04. The summed E-state index contributed by atoms with van der Waals surface area (Å²) in [5.41, 5.74) is 2.19. The predicted molar refractivity (Wildman–Crippen MR) is 90.9 cm³/mol. The first kappa shape index (κ1) is 15.0. The van der Waals surface area contributed by atoms with Gasteiger partial charge < -0.3 is 14.2 Å². The lowest BCUT2D eigenvalue weighted by molar-refractivity contribution is -0.116. The van der Waals surface area contributed by atoms with Gasteiger partial charge >= 0.3 is 0 Å². The van der Waals surface area contributed by atoms with E-state index < -0.39 is 0 Å². The van der Waals surface area contributed by atoms with Crippen molar-refractivity contribution in [2.24, 2.45) is 5.92 Å². The Morgan fingerprint density at radius 1 is 1.29 bits per heavy atom. The maximum atomic E-state index is 12.1. The van der Waals surface area contributed by atoms with Crippen LogP contribution in [0.15, 0.2) is 39.2 Å². The molecule has 5 nitrogen and oxygen atoms in total. The number of nitrogens with zero attached hydrogens (tertiary/aromatic N) is 1. The zero-order valence-corrected chi connectivity index (χ0v) is 13.8. The second kappa shape index (κ2) is 5.82. The first-order chi connectivity index (χ1) is 11.6. The highest BCUT2D eigenvalue weighted by molar-refractivity contribution is 5.92. The first-order valence-electron chi connectivity index (χ1n) is 8.34. The molecule has 124 valence electrons. The number of carbonyl (C=O) groups excluding carboxylic acids is 1. The van der Waals surface area contributed by atoms with E-state index in [2.05, 4.69) is 17.2 Å². The monoisotopic (exact) mass is 324 g/mol. The summed E-state index contributed by atoms with van der Waals surface area (Å²) in [7, 11) is 0. The number of oxazole rings is 1. The second-order valence-electron chi connectivity index (χ2n) is 6.59. The highest BCUT2D eigenvalue weighted by atomic mass is 16.3. The van der Waals surface area contributed by atoms with Crippen molar-refractivity contribution < 1.29 is 13.6 Å². The Bertz CT molecular complexity index is 893. The molecule has 0 saturated heterocycles. The van der Waals surface area contributed by atoms with Crippen LogP contribution in [-0.2, 0) is 11.2 Å². The van der Waals surface area contributed by atoms with Gasteiger partial charge in [0.2, 0.25) is 5.91 Å². The molecule has 3 aromatic rings. The van der Waals surface area contributed by atoms with Crippen molar-refractivity contribution in [3.8, 4) is 0 Å². The van der Waals surface area contributed by atoms with Gasteiger partial charge in [0.25, 0.3) is 0 Å². The summed E-state index contributed by atoms with van der Waals surface area (Å²) in [6.07, 6.45) is 2.20. The van der Waals surface area contributed by atoms with E-state index in [0.717, 1.165) is 28.6 Å². The predicted octanol–water partition coefficient (Wildman–Crippen LogP) is 4.42.